The molecule has 2 fully saturated rings. The molecule has 0 radical (unpaired) electrons. The molecule has 0 saturated carbocycles. The van der Waals surface area contributed by atoms with Gasteiger partial charge in [0.05, 0.1) is 6.04 Å². The highest BCUT2D eigenvalue weighted by Gasteiger charge is 2.37. The first-order valence-corrected chi connectivity index (χ1v) is 7.57. The number of nitrogens with one attached hydrogen (secondary N) is 1. The van der Waals surface area contributed by atoms with Gasteiger partial charge in [-0.15, -0.1) is 0 Å². The quantitative estimate of drug-likeness (QED) is 0.907. The summed E-state index contributed by atoms with van der Waals surface area (Å²) < 4.78 is 18.3. The van der Waals surface area contributed by atoms with Gasteiger partial charge in [0.25, 0.3) is 0 Å². The van der Waals surface area contributed by atoms with Gasteiger partial charge in [-0.1, -0.05) is 0 Å². The van der Waals surface area contributed by atoms with Crippen LogP contribution in [-0.4, -0.2) is 53.2 Å². The summed E-state index contributed by atoms with van der Waals surface area (Å²) in [5.41, 5.74) is 1.23. The fourth-order valence-corrected chi connectivity index (χ4v) is 3.30. The number of carbonyl (C=O) groups is 1. The van der Waals surface area contributed by atoms with E-state index in [0.717, 1.165) is 18.8 Å². The van der Waals surface area contributed by atoms with Crippen LogP contribution in [0.4, 0.5) is 9.18 Å². The Morgan fingerprint density at radius 2 is 2.13 bits per heavy atom. The topological polar surface area (TPSA) is 65.6 Å². The number of piperazine rings is 1. The Hall–Kier alpha value is -2.41. The lowest BCUT2D eigenvalue weighted by Crippen LogP contribution is -2.51. The van der Waals surface area contributed by atoms with E-state index in [1.807, 2.05) is 0 Å². The van der Waals surface area contributed by atoms with Gasteiger partial charge in [-0.2, -0.15) is 0 Å². The van der Waals surface area contributed by atoms with E-state index < -0.39 is 5.82 Å². The van der Waals surface area contributed by atoms with Crippen LogP contribution in [0.2, 0.25) is 0 Å². The summed E-state index contributed by atoms with van der Waals surface area (Å²) in [4.78, 5) is 30.8. The van der Waals surface area contributed by atoms with Crippen molar-refractivity contribution < 1.29 is 13.9 Å². The number of benzene rings is 1. The maximum atomic E-state index is 13.2. The minimum Gasteiger partial charge on any atom is -0.447 e. The van der Waals surface area contributed by atoms with E-state index in [0.29, 0.717) is 30.6 Å². The fraction of sp³-hybridized carbons (Fsp3) is 0.375. The van der Waals surface area contributed by atoms with Crippen molar-refractivity contribution in [3.8, 4) is 0 Å². The third kappa shape index (κ3) is 2.57. The molecule has 0 spiro atoms. The fourth-order valence-electron chi connectivity index (χ4n) is 3.30. The third-order valence-electron chi connectivity index (χ3n) is 4.44. The lowest BCUT2D eigenvalue weighted by Gasteiger charge is -2.35. The van der Waals surface area contributed by atoms with E-state index in [2.05, 4.69) is 9.88 Å². The average Bonchev–Trinajstić information content (AvgIpc) is 2.89. The molecule has 1 amide bonds. The van der Waals surface area contributed by atoms with Crippen molar-refractivity contribution in [1.82, 2.24) is 14.8 Å². The number of pyridine rings is 1. The number of aromatic amines is 1. The van der Waals surface area contributed by atoms with Gasteiger partial charge >= 0.3 is 6.09 Å². The smallest absolute Gasteiger partial charge is 0.410 e. The summed E-state index contributed by atoms with van der Waals surface area (Å²) in [7, 11) is 0. The van der Waals surface area contributed by atoms with Gasteiger partial charge in [-0.3, -0.25) is 14.6 Å². The van der Waals surface area contributed by atoms with Crippen LogP contribution in [0.5, 0.6) is 0 Å². The summed E-state index contributed by atoms with van der Waals surface area (Å²) in [6.45, 7) is 3.08. The Morgan fingerprint density at radius 1 is 1.26 bits per heavy atom. The lowest BCUT2D eigenvalue weighted by molar-refractivity contribution is 0.114. The number of fused-ring (bicyclic) bond motifs is 2. The van der Waals surface area contributed by atoms with E-state index in [-0.39, 0.29) is 17.6 Å². The Morgan fingerprint density at radius 3 is 3.00 bits per heavy atom. The van der Waals surface area contributed by atoms with Gasteiger partial charge in [-0.05, 0) is 18.2 Å². The molecule has 4 rings (SSSR count). The van der Waals surface area contributed by atoms with Gasteiger partial charge in [0.15, 0.2) is 5.43 Å². The van der Waals surface area contributed by atoms with Crippen molar-refractivity contribution in [2.75, 3.05) is 26.2 Å². The molecule has 0 bridgehead atoms. The summed E-state index contributed by atoms with van der Waals surface area (Å²) in [5.74, 6) is -0.419. The minimum atomic E-state index is -0.419. The summed E-state index contributed by atoms with van der Waals surface area (Å²) >= 11 is 0. The maximum Gasteiger partial charge on any atom is 0.410 e. The van der Waals surface area contributed by atoms with E-state index in [9.17, 15) is 14.0 Å². The number of rotatable bonds is 2. The van der Waals surface area contributed by atoms with Gasteiger partial charge in [-0.25, -0.2) is 9.18 Å². The van der Waals surface area contributed by atoms with Gasteiger partial charge in [0, 0.05) is 48.8 Å². The minimum absolute atomic E-state index is 0.0810. The normalized spacial score (nSPS) is 21.5. The Kier molecular flexibility index (Phi) is 3.30. The highest BCUT2D eigenvalue weighted by Crippen LogP contribution is 2.19. The third-order valence-corrected chi connectivity index (χ3v) is 4.44. The van der Waals surface area contributed by atoms with Crippen molar-refractivity contribution in [2.24, 2.45) is 0 Å². The molecule has 3 heterocycles. The molecule has 1 aromatic heterocycles. The molecular weight excluding hydrogens is 301 g/mol. The van der Waals surface area contributed by atoms with Crippen LogP contribution in [0.3, 0.4) is 0 Å². The second-order valence-electron chi connectivity index (χ2n) is 6.01. The van der Waals surface area contributed by atoms with E-state index in [1.165, 1.54) is 18.2 Å². The number of hydrogen-bond donors (Lipinski definition) is 1. The number of nitrogens with zero attached hydrogens (tertiary/aromatic N) is 2. The van der Waals surface area contributed by atoms with Gasteiger partial charge in [0.1, 0.15) is 12.4 Å². The van der Waals surface area contributed by atoms with Crippen LogP contribution >= 0.6 is 0 Å². The summed E-state index contributed by atoms with van der Waals surface area (Å²) in [6, 6.07) is 5.76. The number of carbonyl (C=O) groups excluding carboxylic acids is 1. The predicted octanol–water partition coefficient (Wildman–Crippen LogP) is 1.30. The largest absolute Gasteiger partial charge is 0.447 e. The second-order valence-corrected chi connectivity index (χ2v) is 6.01. The second kappa shape index (κ2) is 5.34. The molecule has 120 valence electrons. The van der Waals surface area contributed by atoms with Crippen LogP contribution in [-0.2, 0) is 11.3 Å². The molecule has 2 aromatic rings. The molecule has 0 aliphatic carbocycles. The van der Waals surface area contributed by atoms with Crippen molar-refractivity contribution in [1.29, 1.82) is 0 Å². The molecule has 6 nitrogen and oxygen atoms in total. The standard InChI is InChI=1S/C16H16FN3O3/c17-10-1-2-14-13(5-10)15(21)6-11(18-14)7-19-3-4-20-12(8-19)9-23-16(20)22/h1-2,5-6,12H,3-4,7-9H2,(H,18,21)/t12-/m1/s1. The molecule has 7 heteroatoms. The Balaban J connectivity index is 1.55. The number of hydrogen-bond acceptors (Lipinski definition) is 4. The number of cyclic esters (lactones) is 1. The molecule has 1 atom stereocenters. The highest BCUT2D eigenvalue weighted by atomic mass is 19.1. The Labute approximate surface area is 131 Å². The first-order valence-electron chi connectivity index (χ1n) is 7.57. The van der Waals surface area contributed by atoms with Crippen LogP contribution in [0, 0.1) is 5.82 Å². The molecule has 2 aliphatic heterocycles. The van der Waals surface area contributed by atoms with Crippen LogP contribution in [0.1, 0.15) is 5.69 Å². The van der Waals surface area contributed by atoms with E-state index in [4.69, 9.17) is 4.74 Å². The van der Waals surface area contributed by atoms with Crippen molar-refractivity contribution in [3.63, 3.8) is 0 Å². The van der Waals surface area contributed by atoms with Crippen molar-refractivity contribution in [3.05, 3.63) is 46.0 Å². The van der Waals surface area contributed by atoms with Crippen molar-refractivity contribution >= 4 is 17.0 Å². The van der Waals surface area contributed by atoms with Crippen LogP contribution in [0.15, 0.2) is 29.1 Å². The number of halogens is 1. The van der Waals surface area contributed by atoms with Crippen LogP contribution in [0.25, 0.3) is 10.9 Å². The zero-order valence-electron chi connectivity index (χ0n) is 12.4. The van der Waals surface area contributed by atoms with E-state index >= 15 is 0 Å². The molecule has 1 N–H and O–H groups in total. The number of ether oxygens (including phenoxy) is 1. The molecule has 2 aliphatic rings. The van der Waals surface area contributed by atoms with Crippen LogP contribution < -0.4 is 5.43 Å². The predicted molar refractivity (Wildman–Crippen MR) is 81.6 cm³/mol. The zero-order valence-corrected chi connectivity index (χ0v) is 12.4. The molecule has 23 heavy (non-hydrogen) atoms. The molecule has 0 unspecified atom stereocenters. The SMILES string of the molecule is O=C1OC[C@H]2CN(Cc3cc(=O)c4cc(F)ccc4[nH]3)CCN12. The van der Waals surface area contributed by atoms with E-state index in [1.54, 1.807) is 11.0 Å². The first kappa shape index (κ1) is 14.2. The lowest BCUT2D eigenvalue weighted by atomic mass is 10.1. The Bertz CT molecular complexity index is 835. The average molecular weight is 317 g/mol. The maximum absolute atomic E-state index is 13.2. The number of amides is 1. The monoisotopic (exact) mass is 317 g/mol. The number of aromatic nitrogens is 1. The van der Waals surface area contributed by atoms with Gasteiger partial charge in [0.2, 0.25) is 0 Å². The summed E-state index contributed by atoms with van der Waals surface area (Å²) in [6.07, 6.45) is -0.240. The first-order chi connectivity index (χ1) is 11.1. The zero-order chi connectivity index (χ0) is 16.0. The number of H-pyrrole nitrogens is 1. The molecule has 1 aromatic carbocycles. The highest BCUT2D eigenvalue weighted by molar-refractivity contribution is 5.78. The molecule has 2 saturated heterocycles. The van der Waals surface area contributed by atoms with Crippen molar-refractivity contribution in [2.45, 2.75) is 12.6 Å². The van der Waals surface area contributed by atoms with Gasteiger partial charge < -0.3 is 9.72 Å². The molecular formula is C16H16FN3O3. The summed E-state index contributed by atoms with van der Waals surface area (Å²) in [5, 5.41) is 0.355.